The van der Waals surface area contributed by atoms with Gasteiger partial charge in [0.05, 0.1) is 5.08 Å². The molecule has 1 rings (SSSR count). The van der Waals surface area contributed by atoms with E-state index in [9.17, 15) is 4.21 Å². The topological polar surface area (TPSA) is 17.1 Å². The second-order valence-corrected chi connectivity index (χ2v) is 9.58. The predicted molar refractivity (Wildman–Crippen MR) is 79.5 cm³/mol. The van der Waals surface area contributed by atoms with E-state index in [1.807, 2.05) is 0 Å². The molecule has 0 aliphatic carbocycles. The summed E-state index contributed by atoms with van der Waals surface area (Å²) in [5, 5.41) is 0.795. The summed E-state index contributed by atoms with van der Waals surface area (Å²) in [7, 11) is -0.657. The van der Waals surface area contributed by atoms with E-state index in [0.29, 0.717) is 11.3 Å². The summed E-state index contributed by atoms with van der Waals surface area (Å²) in [5.41, 5.74) is 0.365. The normalized spacial score (nSPS) is 26.2. The Morgan fingerprint density at radius 3 is 2.47 bits per heavy atom. The highest BCUT2D eigenvalue weighted by Gasteiger charge is 2.24. The van der Waals surface area contributed by atoms with Crippen molar-refractivity contribution in [3.05, 3.63) is 0 Å². The molecule has 0 saturated carbocycles. The molecule has 1 aliphatic heterocycles. The highest BCUT2D eigenvalue weighted by molar-refractivity contribution is 8.10. The molecule has 1 nitrogen and oxygen atoms in total. The third-order valence-corrected chi connectivity index (χ3v) is 5.64. The molecule has 3 heteroatoms. The molecule has 0 radical (unpaired) electrons. The summed E-state index contributed by atoms with van der Waals surface area (Å²) in [4.78, 5) is 0. The second-order valence-electron chi connectivity index (χ2n) is 6.68. The van der Waals surface area contributed by atoms with Crippen LogP contribution in [0.2, 0.25) is 0 Å². The van der Waals surface area contributed by atoms with Crippen molar-refractivity contribution in [3.8, 4) is 11.8 Å². The summed E-state index contributed by atoms with van der Waals surface area (Å²) >= 11 is 1.77. The SMILES string of the molecule is CC(C)(C)CC(C)(C)C#CC1CSCS(=O)C1. The maximum absolute atomic E-state index is 11.4. The summed E-state index contributed by atoms with van der Waals surface area (Å²) in [6.07, 6.45) is 1.09. The fourth-order valence-electron chi connectivity index (χ4n) is 2.35. The third-order valence-electron chi connectivity index (χ3n) is 2.51. The average Bonchev–Trinajstić information content (AvgIpc) is 2.11. The summed E-state index contributed by atoms with van der Waals surface area (Å²) in [6, 6.07) is 0. The van der Waals surface area contributed by atoms with Gasteiger partial charge in [0.2, 0.25) is 0 Å². The van der Waals surface area contributed by atoms with Crippen molar-refractivity contribution < 1.29 is 4.21 Å². The van der Waals surface area contributed by atoms with E-state index in [1.165, 1.54) is 0 Å². The van der Waals surface area contributed by atoms with Gasteiger partial charge in [-0.1, -0.05) is 32.6 Å². The van der Waals surface area contributed by atoms with Crippen molar-refractivity contribution in [2.75, 3.05) is 16.6 Å². The third kappa shape index (κ3) is 6.52. The van der Waals surface area contributed by atoms with E-state index in [1.54, 1.807) is 11.8 Å². The van der Waals surface area contributed by atoms with Crippen molar-refractivity contribution in [2.24, 2.45) is 16.7 Å². The molecule has 1 saturated heterocycles. The summed E-state index contributed by atoms with van der Waals surface area (Å²) in [6.45, 7) is 11.2. The van der Waals surface area contributed by atoms with Crippen LogP contribution in [0.4, 0.5) is 0 Å². The van der Waals surface area contributed by atoms with Gasteiger partial charge in [0.1, 0.15) is 0 Å². The van der Waals surface area contributed by atoms with Crippen LogP contribution in [0.1, 0.15) is 41.0 Å². The van der Waals surface area contributed by atoms with E-state index in [2.05, 4.69) is 46.5 Å². The molecule has 0 bridgehead atoms. The van der Waals surface area contributed by atoms with Crippen LogP contribution in [-0.4, -0.2) is 20.8 Å². The molecule has 0 N–H and O–H groups in total. The smallest absolute Gasteiger partial charge is 0.0693 e. The van der Waals surface area contributed by atoms with Crippen LogP contribution in [0.3, 0.4) is 0 Å². The van der Waals surface area contributed by atoms with Crippen molar-refractivity contribution in [1.82, 2.24) is 0 Å². The molecule has 1 heterocycles. The van der Waals surface area contributed by atoms with E-state index in [4.69, 9.17) is 0 Å². The van der Waals surface area contributed by atoms with Crippen LogP contribution in [0.25, 0.3) is 0 Å². The first-order chi connectivity index (χ1) is 7.68. The van der Waals surface area contributed by atoms with Gasteiger partial charge >= 0.3 is 0 Å². The molecule has 0 amide bonds. The Hall–Kier alpha value is 0.0600. The van der Waals surface area contributed by atoms with Gasteiger partial charge in [-0.2, -0.15) is 0 Å². The molecule has 17 heavy (non-hydrogen) atoms. The minimum Gasteiger partial charge on any atom is -0.259 e. The van der Waals surface area contributed by atoms with Gasteiger partial charge in [0, 0.05) is 33.6 Å². The number of hydrogen-bond acceptors (Lipinski definition) is 2. The Morgan fingerprint density at radius 1 is 1.29 bits per heavy atom. The van der Waals surface area contributed by atoms with Gasteiger partial charge in [0.15, 0.2) is 0 Å². The van der Waals surface area contributed by atoms with Crippen LogP contribution in [0.15, 0.2) is 0 Å². The van der Waals surface area contributed by atoms with Gasteiger partial charge in [-0.25, -0.2) is 0 Å². The van der Waals surface area contributed by atoms with Crippen LogP contribution < -0.4 is 0 Å². The van der Waals surface area contributed by atoms with Crippen molar-refractivity contribution in [2.45, 2.75) is 41.0 Å². The Labute approximate surface area is 113 Å². The van der Waals surface area contributed by atoms with Gasteiger partial charge in [-0.15, -0.1) is 11.8 Å². The minimum atomic E-state index is -0.657. The monoisotopic (exact) mass is 272 g/mol. The van der Waals surface area contributed by atoms with Crippen molar-refractivity contribution in [3.63, 3.8) is 0 Å². The van der Waals surface area contributed by atoms with Crippen LogP contribution in [-0.2, 0) is 10.8 Å². The molecule has 1 aliphatic rings. The lowest BCUT2D eigenvalue weighted by molar-refractivity contribution is 0.271. The minimum absolute atomic E-state index is 0.0574. The first kappa shape index (κ1) is 15.1. The number of rotatable bonds is 1. The Morgan fingerprint density at radius 2 is 1.94 bits per heavy atom. The van der Waals surface area contributed by atoms with Gasteiger partial charge < -0.3 is 0 Å². The maximum Gasteiger partial charge on any atom is 0.0693 e. The molecular weight excluding hydrogens is 248 g/mol. The Balaban J connectivity index is 2.60. The van der Waals surface area contributed by atoms with Gasteiger partial charge in [-0.05, 0) is 25.7 Å². The quantitative estimate of drug-likeness (QED) is 0.679. The molecule has 98 valence electrons. The predicted octanol–water partition coefficient (Wildman–Crippen LogP) is 3.52. The lowest BCUT2D eigenvalue weighted by atomic mass is 9.76. The number of thioether (sulfide) groups is 1. The van der Waals surface area contributed by atoms with Crippen molar-refractivity contribution in [1.29, 1.82) is 0 Å². The van der Waals surface area contributed by atoms with Gasteiger partial charge in [-0.3, -0.25) is 4.21 Å². The zero-order valence-electron chi connectivity index (χ0n) is 11.6. The van der Waals surface area contributed by atoms with Crippen LogP contribution in [0, 0.1) is 28.6 Å². The largest absolute Gasteiger partial charge is 0.259 e. The summed E-state index contributed by atoms with van der Waals surface area (Å²) < 4.78 is 11.4. The lowest BCUT2D eigenvalue weighted by Crippen LogP contribution is -2.22. The van der Waals surface area contributed by atoms with Crippen LogP contribution >= 0.6 is 11.8 Å². The first-order valence-electron chi connectivity index (χ1n) is 6.13. The molecular formula is C14H24OS2. The first-order valence-corrected chi connectivity index (χ1v) is 8.78. The molecule has 2 unspecified atom stereocenters. The number of hydrogen-bond donors (Lipinski definition) is 0. The molecule has 0 aromatic rings. The van der Waals surface area contributed by atoms with E-state index >= 15 is 0 Å². The average molecular weight is 272 g/mol. The molecule has 2 atom stereocenters. The summed E-state index contributed by atoms with van der Waals surface area (Å²) in [5.74, 6) is 8.90. The highest BCUT2D eigenvalue weighted by Crippen LogP contribution is 2.32. The molecule has 0 spiro atoms. The van der Waals surface area contributed by atoms with Crippen molar-refractivity contribution >= 4 is 22.6 Å². The lowest BCUT2D eigenvalue weighted by Gasteiger charge is -2.28. The standard InChI is InChI=1S/C14H24OS2/c1-13(2,3)10-14(4,5)7-6-12-8-16-11-17(15)9-12/h12H,8-11H2,1-5H3. The second kappa shape index (κ2) is 5.80. The Bertz CT molecular complexity index is 341. The molecule has 0 aromatic heterocycles. The fourth-order valence-corrected chi connectivity index (χ4v) is 5.15. The van der Waals surface area contributed by atoms with Gasteiger partial charge in [0.25, 0.3) is 0 Å². The zero-order chi connectivity index (χ0) is 13.1. The van der Waals surface area contributed by atoms with Crippen LogP contribution in [0.5, 0.6) is 0 Å². The van der Waals surface area contributed by atoms with E-state index in [0.717, 1.165) is 23.0 Å². The maximum atomic E-state index is 11.4. The Kier molecular flexibility index (Phi) is 5.16. The molecule has 1 fully saturated rings. The fraction of sp³-hybridized carbons (Fsp3) is 0.857. The van der Waals surface area contributed by atoms with E-state index in [-0.39, 0.29) is 5.41 Å². The zero-order valence-corrected chi connectivity index (χ0v) is 13.3. The highest BCUT2D eigenvalue weighted by atomic mass is 32.2. The molecule has 0 aromatic carbocycles. The van der Waals surface area contributed by atoms with E-state index < -0.39 is 10.8 Å².